The smallest absolute Gasteiger partial charge is 0.211 e. The second-order valence-electron chi connectivity index (χ2n) is 6.96. The van der Waals surface area contributed by atoms with E-state index in [9.17, 15) is 4.79 Å². The largest absolute Gasteiger partial charge is 0.329 e. The Bertz CT molecular complexity index is 1050. The van der Waals surface area contributed by atoms with Gasteiger partial charge in [-0.15, -0.1) is 0 Å². The van der Waals surface area contributed by atoms with Gasteiger partial charge in [0, 0.05) is 11.7 Å². The summed E-state index contributed by atoms with van der Waals surface area (Å²) in [5.74, 6) is 0. The van der Waals surface area contributed by atoms with Crippen molar-refractivity contribution in [2.24, 2.45) is 0 Å². The molecule has 0 atom stereocenters. The van der Waals surface area contributed by atoms with Gasteiger partial charge in [-0.25, -0.2) is 4.98 Å². The summed E-state index contributed by atoms with van der Waals surface area (Å²) in [7, 11) is 0. The number of hydrogen-bond acceptors (Lipinski definition) is 2. The van der Waals surface area contributed by atoms with Crippen LogP contribution in [0.25, 0.3) is 22.0 Å². The van der Waals surface area contributed by atoms with Crippen molar-refractivity contribution >= 4 is 22.9 Å². The number of benzene rings is 3. The highest BCUT2D eigenvalue weighted by molar-refractivity contribution is 5.87. The zero-order valence-corrected chi connectivity index (χ0v) is 15.7. The summed E-state index contributed by atoms with van der Waals surface area (Å²) in [6.07, 6.45) is 8.58. The van der Waals surface area contributed by atoms with Crippen LogP contribution >= 0.6 is 0 Å². The summed E-state index contributed by atoms with van der Waals surface area (Å²) in [5.41, 5.74) is 3.34. The van der Waals surface area contributed by atoms with Gasteiger partial charge in [0.25, 0.3) is 0 Å². The predicted octanol–water partition coefficient (Wildman–Crippen LogP) is 5.68. The Morgan fingerprint density at radius 1 is 0.929 bits per heavy atom. The fourth-order valence-electron chi connectivity index (χ4n) is 3.44. The van der Waals surface area contributed by atoms with Gasteiger partial charge in [0.15, 0.2) is 0 Å². The standard InChI is InChI=1S/C13H14N2.C11H9NO/c1-2-5-11(6-3-1)13-9-14-10-15(13)12-7-4-8-12;13-8-12-11-6-5-9-3-1-2-4-10(9)7-11/h1-3,5-6,9-10,12H,4,7-8H2;1-8H,(H,12,13). The minimum Gasteiger partial charge on any atom is -0.329 e. The lowest BCUT2D eigenvalue weighted by atomic mass is 9.92. The quantitative estimate of drug-likeness (QED) is 0.470. The van der Waals surface area contributed by atoms with Crippen molar-refractivity contribution < 1.29 is 4.79 Å². The van der Waals surface area contributed by atoms with Crippen molar-refractivity contribution in [3.63, 3.8) is 0 Å². The third kappa shape index (κ3) is 3.96. The molecule has 3 aromatic carbocycles. The lowest BCUT2D eigenvalue weighted by Gasteiger charge is -2.28. The molecule has 1 aliphatic carbocycles. The van der Waals surface area contributed by atoms with Gasteiger partial charge >= 0.3 is 0 Å². The van der Waals surface area contributed by atoms with Crippen molar-refractivity contribution in [3.05, 3.63) is 85.3 Å². The second kappa shape index (κ2) is 8.53. The maximum absolute atomic E-state index is 10.2. The van der Waals surface area contributed by atoms with Crippen molar-refractivity contribution in [2.45, 2.75) is 25.3 Å². The van der Waals surface area contributed by atoms with E-state index in [-0.39, 0.29) is 0 Å². The predicted molar refractivity (Wildman–Crippen MR) is 114 cm³/mol. The van der Waals surface area contributed by atoms with E-state index >= 15 is 0 Å². The fourth-order valence-corrected chi connectivity index (χ4v) is 3.44. The zero-order valence-electron chi connectivity index (χ0n) is 15.7. The van der Waals surface area contributed by atoms with E-state index in [1.54, 1.807) is 0 Å². The molecule has 28 heavy (non-hydrogen) atoms. The van der Waals surface area contributed by atoms with E-state index in [2.05, 4.69) is 39.1 Å². The molecule has 4 nitrogen and oxygen atoms in total. The first kappa shape index (κ1) is 18.0. The molecule has 0 saturated heterocycles. The van der Waals surface area contributed by atoms with Crippen LogP contribution in [0.3, 0.4) is 0 Å². The van der Waals surface area contributed by atoms with Crippen molar-refractivity contribution in [1.82, 2.24) is 9.55 Å². The number of aromatic nitrogens is 2. The summed E-state index contributed by atoms with van der Waals surface area (Å²) < 4.78 is 2.32. The number of rotatable bonds is 4. The molecule has 1 N–H and O–H groups in total. The number of carbonyl (C=O) groups excluding carboxylic acids is 1. The van der Waals surface area contributed by atoms with E-state index in [0.717, 1.165) is 11.1 Å². The summed E-state index contributed by atoms with van der Waals surface area (Å²) in [4.78, 5) is 14.5. The molecule has 0 spiro atoms. The van der Waals surface area contributed by atoms with Gasteiger partial charge in [-0.1, -0.05) is 60.7 Å². The first-order valence-electron chi connectivity index (χ1n) is 9.61. The van der Waals surface area contributed by atoms with E-state index in [4.69, 9.17) is 0 Å². The Balaban J connectivity index is 0.000000139. The average molecular weight is 369 g/mol. The first-order chi connectivity index (χ1) is 13.8. The minimum absolute atomic E-state index is 0.683. The molecule has 5 rings (SSSR count). The summed E-state index contributed by atoms with van der Waals surface area (Å²) in [5, 5.41) is 4.93. The number of nitrogens with zero attached hydrogens (tertiary/aromatic N) is 2. The van der Waals surface area contributed by atoms with E-state index < -0.39 is 0 Å². The minimum atomic E-state index is 0.683. The van der Waals surface area contributed by atoms with Crippen LogP contribution in [-0.4, -0.2) is 16.0 Å². The maximum Gasteiger partial charge on any atom is 0.211 e. The summed E-state index contributed by atoms with van der Waals surface area (Å²) in [6.45, 7) is 0. The normalized spacial score (nSPS) is 13.3. The van der Waals surface area contributed by atoms with E-state index in [1.165, 1.54) is 35.9 Å². The third-order valence-electron chi connectivity index (χ3n) is 5.18. The van der Waals surface area contributed by atoms with Gasteiger partial charge in [0.2, 0.25) is 6.41 Å². The van der Waals surface area contributed by atoms with Crippen LogP contribution in [0.4, 0.5) is 5.69 Å². The first-order valence-corrected chi connectivity index (χ1v) is 9.61. The molecule has 1 fully saturated rings. The summed E-state index contributed by atoms with van der Waals surface area (Å²) >= 11 is 0. The number of anilines is 1. The lowest BCUT2D eigenvalue weighted by molar-refractivity contribution is -0.105. The molecule has 4 heteroatoms. The van der Waals surface area contributed by atoms with Crippen molar-refractivity contribution in [1.29, 1.82) is 0 Å². The highest BCUT2D eigenvalue weighted by atomic mass is 16.1. The van der Waals surface area contributed by atoms with Crippen molar-refractivity contribution in [2.75, 3.05) is 5.32 Å². The topological polar surface area (TPSA) is 46.9 Å². The van der Waals surface area contributed by atoms with Crippen LogP contribution < -0.4 is 5.32 Å². The highest BCUT2D eigenvalue weighted by Gasteiger charge is 2.21. The molecule has 1 aliphatic rings. The molecule has 1 saturated carbocycles. The maximum atomic E-state index is 10.2. The number of imidazole rings is 1. The second-order valence-corrected chi connectivity index (χ2v) is 6.96. The molecular formula is C24H23N3O. The summed E-state index contributed by atoms with van der Waals surface area (Å²) in [6, 6.07) is 25.0. The molecule has 0 aliphatic heterocycles. The Kier molecular flexibility index (Phi) is 5.48. The molecule has 0 radical (unpaired) electrons. The van der Waals surface area contributed by atoms with Gasteiger partial charge < -0.3 is 9.88 Å². The molecular weight excluding hydrogens is 346 g/mol. The zero-order chi connectivity index (χ0) is 19.2. The SMILES string of the molecule is O=CNc1ccc2ccccc2c1.c1ccc(-c2cncn2C2CCC2)cc1. The number of hydrogen-bond donors (Lipinski definition) is 1. The van der Waals surface area contributed by atoms with Gasteiger partial charge in [-0.3, -0.25) is 4.79 Å². The van der Waals surface area contributed by atoms with Gasteiger partial charge in [-0.2, -0.15) is 0 Å². The number of carbonyl (C=O) groups is 1. The molecule has 0 unspecified atom stereocenters. The number of fused-ring (bicyclic) bond motifs is 1. The van der Waals surface area contributed by atoms with E-state index in [1.807, 2.05) is 61.1 Å². The molecule has 0 bridgehead atoms. The van der Waals surface area contributed by atoms with Crippen LogP contribution in [0.15, 0.2) is 85.3 Å². The van der Waals surface area contributed by atoms with E-state index in [0.29, 0.717) is 12.5 Å². The molecule has 140 valence electrons. The monoisotopic (exact) mass is 369 g/mol. The number of amides is 1. The fraction of sp³-hybridized carbons (Fsp3) is 0.167. The Hall–Kier alpha value is -3.40. The Morgan fingerprint density at radius 2 is 1.68 bits per heavy atom. The van der Waals surface area contributed by atoms with Gasteiger partial charge in [0.05, 0.1) is 18.2 Å². The van der Waals surface area contributed by atoms with Gasteiger partial charge in [0.1, 0.15) is 0 Å². The van der Waals surface area contributed by atoms with Crippen LogP contribution in [0.5, 0.6) is 0 Å². The highest BCUT2D eigenvalue weighted by Crippen LogP contribution is 2.34. The third-order valence-corrected chi connectivity index (χ3v) is 5.18. The van der Waals surface area contributed by atoms with Crippen LogP contribution in [0.2, 0.25) is 0 Å². The lowest BCUT2D eigenvalue weighted by Crippen LogP contribution is -2.16. The van der Waals surface area contributed by atoms with Crippen molar-refractivity contribution in [3.8, 4) is 11.3 Å². The molecule has 4 aromatic rings. The molecule has 1 heterocycles. The van der Waals surface area contributed by atoms with Crippen LogP contribution in [-0.2, 0) is 4.79 Å². The Labute approximate surface area is 164 Å². The van der Waals surface area contributed by atoms with Gasteiger partial charge in [-0.05, 0) is 47.7 Å². The molecule has 1 amide bonds. The molecule has 1 aromatic heterocycles. The Morgan fingerprint density at radius 3 is 2.39 bits per heavy atom. The average Bonchev–Trinajstić information content (AvgIpc) is 3.17. The number of nitrogens with one attached hydrogen (secondary N) is 1. The van der Waals surface area contributed by atoms with Crippen LogP contribution in [0, 0.1) is 0 Å². The van der Waals surface area contributed by atoms with Crippen LogP contribution in [0.1, 0.15) is 25.3 Å².